The Hall–Kier alpha value is -1.91. The minimum atomic E-state index is -0.530. The monoisotopic (exact) mass is 290 g/mol. The zero-order chi connectivity index (χ0) is 15.5. The summed E-state index contributed by atoms with van der Waals surface area (Å²) in [6, 6.07) is 3.22. The number of rotatable bonds is 3. The van der Waals surface area contributed by atoms with Crippen molar-refractivity contribution in [2.24, 2.45) is 0 Å². The number of carbonyl (C=O) groups excluding carboxylic acids is 2. The molecule has 0 spiro atoms. The third kappa shape index (κ3) is 4.28. The summed E-state index contributed by atoms with van der Waals surface area (Å²) in [7, 11) is 0. The van der Waals surface area contributed by atoms with Gasteiger partial charge in [-0.1, -0.05) is 6.07 Å². The van der Waals surface area contributed by atoms with E-state index in [2.05, 4.69) is 4.98 Å². The molecule has 2 rings (SSSR count). The van der Waals surface area contributed by atoms with Crippen LogP contribution >= 0.6 is 0 Å². The van der Waals surface area contributed by atoms with Crippen LogP contribution < -0.4 is 0 Å². The van der Waals surface area contributed by atoms with E-state index in [4.69, 9.17) is 4.74 Å². The molecule has 114 valence electrons. The summed E-state index contributed by atoms with van der Waals surface area (Å²) < 4.78 is 5.41. The van der Waals surface area contributed by atoms with Crippen molar-refractivity contribution in [2.45, 2.75) is 51.7 Å². The van der Waals surface area contributed by atoms with Gasteiger partial charge in [-0.05, 0) is 45.2 Å². The number of hydrogen-bond acceptors (Lipinski definition) is 4. The molecule has 1 amide bonds. The molecular weight excluding hydrogens is 268 g/mol. The topological polar surface area (TPSA) is 59.5 Å². The van der Waals surface area contributed by atoms with Gasteiger partial charge in [0.25, 0.3) is 0 Å². The van der Waals surface area contributed by atoms with Gasteiger partial charge in [0.1, 0.15) is 11.6 Å². The van der Waals surface area contributed by atoms with E-state index in [9.17, 15) is 9.59 Å². The summed E-state index contributed by atoms with van der Waals surface area (Å²) in [6.07, 6.45) is 5.13. The first-order chi connectivity index (χ1) is 9.87. The van der Waals surface area contributed by atoms with Gasteiger partial charge in [0, 0.05) is 18.9 Å². The lowest BCUT2D eigenvalue weighted by Gasteiger charge is -2.27. The van der Waals surface area contributed by atoms with Crippen molar-refractivity contribution in [1.82, 2.24) is 9.88 Å². The molecule has 1 aromatic heterocycles. The molecule has 1 aromatic rings. The zero-order valence-electron chi connectivity index (χ0n) is 12.8. The summed E-state index contributed by atoms with van der Waals surface area (Å²) in [6.45, 7) is 6.12. The predicted octanol–water partition coefficient (Wildman–Crippen LogP) is 1.96. The lowest BCUT2D eigenvalue weighted by molar-refractivity contribution is -0.163. The normalized spacial score (nSPS) is 18.6. The Morgan fingerprint density at radius 2 is 2.19 bits per heavy atom. The Labute approximate surface area is 125 Å². The van der Waals surface area contributed by atoms with Crippen molar-refractivity contribution in [3.05, 3.63) is 30.1 Å². The van der Waals surface area contributed by atoms with Crippen LogP contribution in [0.4, 0.5) is 0 Å². The van der Waals surface area contributed by atoms with E-state index in [1.54, 1.807) is 23.4 Å². The van der Waals surface area contributed by atoms with Crippen molar-refractivity contribution in [3.63, 3.8) is 0 Å². The number of pyridine rings is 1. The van der Waals surface area contributed by atoms with Gasteiger partial charge in [-0.25, -0.2) is 4.79 Å². The molecule has 1 aliphatic heterocycles. The molecule has 21 heavy (non-hydrogen) atoms. The van der Waals surface area contributed by atoms with Crippen LogP contribution in [-0.4, -0.2) is 39.9 Å². The first kappa shape index (κ1) is 15.5. The van der Waals surface area contributed by atoms with Crippen LogP contribution in [0.1, 0.15) is 39.2 Å². The molecule has 0 saturated carbocycles. The average Bonchev–Trinajstić information content (AvgIpc) is 2.87. The second-order valence-electron chi connectivity index (χ2n) is 6.32. The first-order valence-corrected chi connectivity index (χ1v) is 7.28. The van der Waals surface area contributed by atoms with Gasteiger partial charge in [-0.3, -0.25) is 9.78 Å². The molecule has 0 aromatic carbocycles. The molecule has 0 bridgehead atoms. The van der Waals surface area contributed by atoms with Gasteiger partial charge in [0.2, 0.25) is 5.91 Å². The molecular formula is C16H22N2O3. The second kappa shape index (κ2) is 6.24. The highest BCUT2D eigenvalue weighted by atomic mass is 16.6. The highest BCUT2D eigenvalue weighted by molar-refractivity contribution is 5.86. The number of nitrogens with zero attached hydrogens (tertiary/aromatic N) is 2. The minimum Gasteiger partial charge on any atom is -0.458 e. The zero-order valence-corrected chi connectivity index (χ0v) is 12.8. The molecule has 0 radical (unpaired) electrons. The van der Waals surface area contributed by atoms with E-state index in [1.165, 1.54) is 0 Å². The molecule has 0 N–H and O–H groups in total. The number of amides is 1. The smallest absolute Gasteiger partial charge is 0.329 e. The van der Waals surface area contributed by atoms with Crippen LogP contribution in [0.2, 0.25) is 0 Å². The van der Waals surface area contributed by atoms with Gasteiger partial charge >= 0.3 is 5.97 Å². The van der Waals surface area contributed by atoms with Crippen LogP contribution in [0.3, 0.4) is 0 Å². The molecule has 5 nitrogen and oxygen atoms in total. The Bertz CT molecular complexity index is 508. The maximum Gasteiger partial charge on any atom is 0.329 e. The second-order valence-corrected chi connectivity index (χ2v) is 6.32. The van der Waals surface area contributed by atoms with Crippen molar-refractivity contribution in [2.75, 3.05) is 6.54 Å². The van der Waals surface area contributed by atoms with Gasteiger partial charge in [-0.2, -0.15) is 0 Å². The van der Waals surface area contributed by atoms with Crippen molar-refractivity contribution < 1.29 is 14.3 Å². The largest absolute Gasteiger partial charge is 0.458 e. The van der Waals surface area contributed by atoms with E-state index >= 15 is 0 Å². The number of hydrogen-bond donors (Lipinski definition) is 0. The number of carbonyl (C=O) groups is 2. The van der Waals surface area contributed by atoms with Crippen LogP contribution in [0, 0.1) is 0 Å². The molecule has 2 heterocycles. The fourth-order valence-corrected chi connectivity index (χ4v) is 2.46. The van der Waals surface area contributed by atoms with Crippen LogP contribution in [0.25, 0.3) is 0 Å². The van der Waals surface area contributed by atoms with E-state index in [1.807, 2.05) is 26.8 Å². The SMILES string of the molecule is CC(C)(C)OC(=O)[C@H]1CCCN1C(=O)Cc1cccnc1. The van der Waals surface area contributed by atoms with Gasteiger partial charge in [0.15, 0.2) is 0 Å². The lowest BCUT2D eigenvalue weighted by atomic mass is 10.1. The quantitative estimate of drug-likeness (QED) is 0.798. The van der Waals surface area contributed by atoms with Crippen molar-refractivity contribution >= 4 is 11.9 Å². The van der Waals surface area contributed by atoms with E-state index in [0.29, 0.717) is 13.0 Å². The standard InChI is InChI=1S/C16H22N2O3/c1-16(2,3)21-15(20)13-7-5-9-18(13)14(19)10-12-6-4-8-17-11-12/h4,6,8,11,13H,5,7,9-10H2,1-3H3/t13-/m1/s1. The molecule has 1 atom stereocenters. The Morgan fingerprint density at radius 1 is 1.43 bits per heavy atom. The third-order valence-electron chi connectivity index (χ3n) is 3.33. The summed E-state index contributed by atoms with van der Waals surface area (Å²) in [5.74, 6) is -0.351. The molecule has 5 heteroatoms. The van der Waals surface area contributed by atoms with E-state index in [0.717, 1.165) is 12.0 Å². The maximum atomic E-state index is 12.4. The van der Waals surface area contributed by atoms with Gasteiger partial charge in [0.05, 0.1) is 6.42 Å². The van der Waals surface area contributed by atoms with Crippen LogP contribution in [0.15, 0.2) is 24.5 Å². The maximum absolute atomic E-state index is 12.4. The molecule has 0 aliphatic carbocycles. The highest BCUT2D eigenvalue weighted by Gasteiger charge is 2.36. The lowest BCUT2D eigenvalue weighted by Crippen LogP contribution is -2.44. The Balaban J connectivity index is 2.01. The van der Waals surface area contributed by atoms with Gasteiger partial charge < -0.3 is 9.64 Å². The van der Waals surface area contributed by atoms with Crippen molar-refractivity contribution in [3.8, 4) is 0 Å². The Morgan fingerprint density at radius 3 is 2.81 bits per heavy atom. The van der Waals surface area contributed by atoms with E-state index in [-0.39, 0.29) is 18.3 Å². The van der Waals surface area contributed by atoms with E-state index < -0.39 is 11.6 Å². The molecule has 1 aliphatic rings. The van der Waals surface area contributed by atoms with Crippen LogP contribution in [-0.2, 0) is 20.7 Å². The molecule has 1 saturated heterocycles. The molecule has 1 fully saturated rings. The highest BCUT2D eigenvalue weighted by Crippen LogP contribution is 2.22. The average molecular weight is 290 g/mol. The van der Waals surface area contributed by atoms with Crippen molar-refractivity contribution in [1.29, 1.82) is 0 Å². The first-order valence-electron chi connectivity index (χ1n) is 7.28. The summed E-state index contributed by atoms with van der Waals surface area (Å²) in [5.41, 5.74) is 0.329. The minimum absolute atomic E-state index is 0.0450. The third-order valence-corrected chi connectivity index (χ3v) is 3.33. The number of aromatic nitrogens is 1. The summed E-state index contributed by atoms with van der Waals surface area (Å²) in [4.78, 5) is 30.2. The number of likely N-dealkylation sites (tertiary alicyclic amines) is 1. The molecule has 0 unspecified atom stereocenters. The summed E-state index contributed by atoms with van der Waals surface area (Å²) >= 11 is 0. The van der Waals surface area contributed by atoms with Gasteiger partial charge in [-0.15, -0.1) is 0 Å². The fourth-order valence-electron chi connectivity index (χ4n) is 2.46. The number of esters is 1. The fraction of sp³-hybridized carbons (Fsp3) is 0.562. The summed E-state index contributed by atoms with van der Waals surface area (Å²) in [5, 5.41) is 0. The predicted molar refractivity (Wildman–Crippen MR) is 78.5 cm³/mol. The van der Waals surface area contributed by atoms with Crippen LogP contribution in [0.5, 0.6) is 0 Å². The Kier molecular flexibility index (Phi) is 4.60. The number of ether oxygens (including phenoxy) is 1.